The summed E-state index contributed by atoms with van der Waals surface area (Å²) in [5, 5.41) is 21.4. The number of carbonyl (C=O) groups excluding carboxylic acids is 1. The van der Waals surface area contributed by atoms with E-state index in [1.807, 2.05) is 41.5 Å². The molecule has 2 rings (SSSR count). The number of aromatic hydroxyl groups is 2. The van der Waals surface area contributed by atoms with Crippen LogP contribution in [0.4, 0.5) is 0 Å². The largest absolute Gasteiger partial charge is 0.507 e. The quantitative estimate of drug-likeness (QED) is 0.704. The van der Waals surface area contributed by atoms with E-state index >= 15 is 0 Å². The van der Waals surface area contributed by atoms with Crippen molar-refractivity contribution in [2.75, 3.05) is 7.11 Å². The summed E-state index contributed by atoms with van der Waals surface area (Å²) in [5.41, 5.74) is 0.715. The van der Waals surface area contributed by atoms with E-state index in [1.54, 1.807) is 19.1 Å². The van der Waals surface area contributed by atoms with Crippen LogP contribution in [0.5, 0.6) is 11.5 Å². The van der Waals surface area contributed by atoms with Crippen molar-refractivity contribution in [1.29, 1.82) is 0 Å². The fourth-order valence-corrected chi connectivity index (χ4v) is 3.48. The summed E-state index contributed by atoms with van der Waals surface area (Å²) in [5.74, 6) is -1.26. The zero-order valence-electron chi connectivity index (χ0n) is 19.0. The minimum Gasteiger partial charge on any atom is -0.507 e. The van der Waals surface area contributed by atoms with Crippen molar-refractivity contribution in [3.63, 3.8) is 0 Å². The van der Waals surface area contributed by atoms with Crippen LogP contribution >= 0.6 is 0 Å². The molecule has 0 bridgehead atoms. The van der Waals surface area contributed by atoms with Gasteiger partial charge >= 0.3 is 5.97 Å². The Morgan fingerprint density at radius 1 is 1.00 bits per heavy atom. The summed E-state index contributed by atoms with van der Waals surface area (Å²) in [6, 6.07) is 4.81. The molecular weight excluding hydrogens is 384 g/mol. The summed E-state index contributed by atoms with van der Waals surface area (Å²) in [4.78, 5) is 24.4. The van der Waals surface area contributed by atoms with Crippen molar-refractivity contribution in [3.8, 4) is 11.5 Å². The number of phenols is 1. The predicted octanol–water partition coefficient (Wildman–Crippen LogP) is 4.65. The first-order valence-electron chi connectivity index (χ1n) is 9.95. The molecule has 6 nitrogen and oxygen atoms in total. The van der Waals surface area contributed by atoms with Crippen molar-refractivity contribution < 1.29 is 24.2 Å². The minimum atomic E-state index is -0.757. The molecule has 0 spiro atoms. The number of aryl methyl sites for hydroxylation is 1. The minimum absolute atomic E-state index is 0.0100. The second-order valence-electron chi connectivity index (χ2n) is 9.73. The Morgan fingerprint density at radius 3 is 1.93 bits per heavy atom. The van der Waals surface area contributed by atoms with Crippen molar-refractivity contribution in [2.45, 2.75) is 71.6 Å². The van der Waals surface area contributed by atoms with Gasteiger partial charge in [0.1, 0.15) is 11.5 Å². The summed E-state index contributed by atoms with van der Waals surface area (Å²) in [7, 11) is 1.28. The summed E-state index contributed by atoms with van der Waals surface area (Å²) in [6.07, 6.45) is -0.131. The maximum atomic E-state index is 12.2. The SMILES string of the molecule is COC(=O)C[C@H](c1cc(C(C)(C)C)c(O)c(C(C)(C)C)c1)c1oc(C)cc(=O)c1O. The Bertz CT molecular complexity index is 967. The highest BCUT2D eigenvalue weighted by Gasteiger charge is 2.32. The molecule has 0 aliphatic rings. The monoisotopic (exact) mass is 416 g/mol. The molecule has 6 heteroatoms. The normalized spacial score (nSPS) is 13.2. The standard InChI is InChI=1S/C24H32O6/c1-13-9-18(25)21(28)22(30-13)15(12-19(26)29-8)14-10-16(23(2,3)4)20(27)17(11-14)24(5,6)7/h9-11,15,27-28H,12H2,1-8H3/t15-/m1/s1. The van der Waals surface area contributed by atoms with Crippen LogP contribution in [0.2, 0.25) is 0 Å². The molecule has 1 aromatic carbocycles. The Hall–Kier alpha value is -2.76. The van der Waals surface area contributed by atoms with Crippen LogP contribution < -0.4 is 5.43 Å². The molecular formula is C24H32O6. The van der Waals surface area contributed by atoms with Crippen LogP contribution in [-0.4, -0.2) is 23.3 Å². The number of hydrogen-bond donors (Lipinski definition) is 2. The molecule has 0 saturated carbocycles. The van der Waals surface area contributed by atoms with Crippen LogP contribution in [0.1, 0.15) is 82.1 Å². The average Bonchev–Trinajstić information content (AvgIpc) is 2.61. The lowest BCUT2D eigenvalue weighted by atomic mass is 9.76. The molecule has 0 saturated heterocycles. The van der Waals surface area contributed by atoms with Crippen molar-refractivity contribution in [2.24, 2.45) is 0 Å². The lowest BCUT2D eigenvalue weighted by Crippen LogP contribution is -2.20. The number of esters is 1. The fraction of sp³-hybridized carbons (Fsp3) is 0.500. The first kappa shape index (κ1) is 23.5. The maximum absolute atomic E-state index is 12.2. The van der Waals surface area contributed by atoms with E-state index in [2.05, 4.69) is 0 Å². The van der Waals surface area contributed by atoms with Crippen LogP contribution in [0, 0.1) is 6.92 Å². The molecule has 0 amide bonds. The van der Waals surface area contributed by atoms with Gasteiger partial charge in [0.25, 0.3) is 0 Å². The number of methoxy groups -OCH3 is 1. The molecule has 0 radical (unpaired) electrons. The second-order valence-corrected chi connectivity index (χ2v) is 9.73. The van der Waals surface area contributed by atoms with Gasteiger partial charge in [-0.25, -0.2) is 0 Å². The molecule has 0 fully saturated rings. The third-order valence-electron chi connectivity index (χ3n) is 5.14. The molecule has 0 aliphatic heterocycles. The highest BCUT2D eigenvalue weighted by molar-refractivity contribution is 5.71. The van der Waals surface area contributed by atoms with Crippen molar-refractivity contribution >= 4 is 5.97 Å². The van der Waals surface area contributed by atoms with Crippen LogP contribution in [-0.2, 0) is 20.4 Å². The first-order valence-corrected chi connectivity index (χ1v) is 9.95. The molecule has 164 valence electrons. The highest BCUT2D eigenvalue weighted by atomic mass is 16.5. The summed E-state index contributed by atoms with van der Waals surface area (Å²) in [6.45, 7) is 13.5. The molecule has 0 aliphatic carbocycles. The highest BCUT2D eigenvalue weighted by Crippen LogP contribution is 2.43. The molecule has 30 heavy (non-hydrogen) atoms. The van der Waals surface area contributed by atoms with Gasteiger partial charge in [0.05, 0.1) is 19.4 Å². The molecule has 1 aromatic heterocycles. The summed E-state index contributed by atoms with van der Waals surface area (Å²) < 4.78 is 10.6. The third-order valence-corrected chi connectivity index (χ3v) is 5.14. The number of carbonyl (C=O) groups is 1. The van der Waals surface area contributed by atoms with E-state index in [1.165, 1.54) is 13.2 Å². The smallest absolute Gasteiger partial charge is 0.306 e. The average molecular weight is 417 g/mol. The van der Waals surface area contributed by atoms with E-state index in [0.29, 0.717) is 22.5 Å². The van der Waals surface area contributed by atoms with Gasteiger partial charge in [0, 0.05) is 6.07 Å². The number of hydrogen-bond acceptors (Lipinski definition) is 6. The number of rotatable bonds is 4. The van der Waals surface area contributed by atoms with Gasteiger partial charge in [-0.15, -0.1) is 0 Å². The van der Waals surface area contributed by atoms with Crippen LogP contribution in [0.3, 0.4) is 0 Å². The lowest BCUT2D eigenvalue weighted by Gasteiger charge is -2.29. The second kappa shape index (κ2) is 8.17. The Morgan fingerprint density at radius 2 is 1.50 bits per heavy atom. The zero-order chi connectivity index (χ0) is 23.0. The summed E-state index contributed by atoms with van der Waals surface area (Å²) >= 11 is 0. The number of phenolic OH excluding ortho intramolecular Hbond substituents is 1. The van der Waals surface area contributed by atoms with Gasteiger partial charge in [0.2, 0.25) is 11.2 Å². The topological polar surface area (TPSA) is 97.0 Å². The predicted molar refractivity (Wildman–Crippen MR) is 115 cm³/mol. The lowest BCUT2D eigenvalue weighted by molar-refractivity contribution is -0.140. The van der Waals surface area contributed by atoms with Gasteiger partial charge in [-0.2, -0.15) is 0 Å². The van der Waals surface area contributed by atoms with E-state index in [4.69, 9.17) is 9.15 Å². The van der Waals surface area contributed by atoms with Gasteiger partial charge < -0.3 is 19.4 Å². The fourth-order valence-electron chi connectivity index (χ4n) is 3.48. The molecule has 2 N–H and O–H groups in total. The zero-order valence-corrected chi connectivity index (χ0v) is 19.0. The molecule has 1 heterocycles. The number of benzene rings is 1. The Balaban J connectivity index is 2.88. The van der Waals surface area contributed by atoms with Gasteiger partial charge in [-0.3, -0.25) is 9.59 Å². The number of ether oxygens (including phenoxy) is 1. The molecule has 2 aromatic rings. The van der Waals surface area contributed by atoms with E-state index in [-0.39, 0.29) is 28.8 Å². The first-order chi connectivity index (χ1) is 13.7. The maximum Gasteiger partial charge on any atom is 0.306 e. The third kappa shape index (κ3) is 4.86. The van der Waals surface area contributed by atoms with Gasteiger partial charge in [0.15, 0.2) is 5.76 Å². The Labute approximate surface area is 177 Å². The van der Waals surface area contributed by atoms with Gasteiger partial charge in [-0.1, -0.05) is 53.7 Å². The van der Waals surface area contributed by atoms with Gasteiger partial charge in [-0.05, 0) is 34.4 Å². The Kier molecular flexibility index (Phi) is 6.40. The van der Waals surface area contributed by atoms with Crippen LogP contribution in [0.25, 0.3) is 0 Å². The molecule has 0 unspecified atom stereocenters. The van der Waals surface area contributed by atoms with Crippen molar-refractivity contribution in [1.82, 2.24) is 0 Å². The van der Waals surface area contributed by atoms with E-state index in [9.17, 15) is 19.8 Å². The van der Waals surface area contributed by atoms with Crippen LogP contribution in [0.15, 0.2) is 27.4 Å². The van der Waals surface area contributed by atoms with E-state index in [0.717, 1.165) is 0 Å². The molecule has 1 atom stereocenters. The van der Waals surface area contributed by atoms with E-state index < -0.39 is 23.1 Å². The van der Waals surface area contributed by atoms with Crippen molar-refractivity contribution in [3.05, 3.63) is 56.6 Å².